The Hall–Kier alpha value is -2.92. The number of benzene rings is 2. The van der Waals surface area contributed by atoms with Crippen molar-refractivity contribution in [3.63, 3.8) is 0 Å². The van der Waals surface area contributed by atoms with Crippen molar-refractivity contribution >= 4 is 29.1 Å². The van der Waals surface area contributed by atoms with Crippen LogP contribution in [0, 0.1) is 6.92 Å². The van der Waals surface area contributed by atoms with E-state index in [4.69, 9.17) is 11.6 Å². The van der Waals surface area contributed by atoms with Gasteiger partial charge in [0, 0.05) is 11.6 Å². The molecular formula is C20H19ClN4O. The number of amides is 1. The number of hydrogen-bond donors (Lipinski definition) is 2. The van der Waals surface area contributed by atoms with E-state index in [1.165, 1.54) is 0 Å². The largest absolute Gasteiger partial charge is 0.365 e. The molecule has 0 aliphatic heterocycles. The standard InChI is InChI=1S/C20H19ClN4O/c1-14-4-2-3-5-16(14)12-20(26)23-19-11-10-18(24-25-19)22-13-15-6-8-17(21)9-7-15/h2-11H,12-13H2,1H3,(H,22,24)(H,23,25,26). The molecule has 0 radical (unpaired) electrons. The molecule has 5 nitrogen and oxygen atoms in total. The zero-order valence-electron chi connectivity index (χ0n) is 14.4. The lowest BCUT2D eigenvalue weighted by molar-refractivity contribution is -0.115. The average molecular weight is 367 g/mol. The molecule has 0 bridgehead atoms. The van der Waals surface area contributed by atoms with Crippen LogP contribution in [0.5, 0.6) is 0 Å². The lowest BCUT2D eigenvalue weighted by atomic mass is 10.1. The summed E-state index contributed by atoms with van der Waals surface area (Å²) >= 11 is 5.87. The van der Waals surface area contributed by atoms with E-state index in [0.717, 1.165) is 16.7 Å². The Kier molecular flexibility index (Phi) is 5.81. The zero-order chi connectivity index (χ0) is 18.4. The number of nitrogens with one attached hydrogen (secondary N) is 2. The third-order valence-corrected chi connectivity index (χ3v) is 4.18. The molecule has 2 aromatic carbocycles. The van der Waals surface area contributed by atoms with Crippen LogP contribution in [0.4, 0.5) is 11.6 Å². The summed E-state index contributed by atoms with van der Waals surface area (Å²) in [5.41, 5.74) is 3.18. The normalized spacial score (nSPS) is 10.4. The summed E-state index contributed by atoms with van der Waals surface area (Å²) in [5, 5.41) is 14.8. The van der Waals surface area contributed by atoms with Gasteiger partial charge in [0.25, 0.3) is 0 Å². The van der Waals surface area contributed by atoms with E-state index in [0.29, 0.717) is 29.6 Å². The smallest absolute Gasteiger partial charge is 0.230 e. The summed E-state index contributed by atoms with van der Waals surface area (Å²) in [6.07, 6.45) is 0.310. The Balaban J connectivity index is 1.53. The molecule has 0 saturated heterocycles. The first-order valence-corrected chi connectivity index (χ1v) is 8.64. The molecular weight excluding hydrogens is 348 g/mol. The Bertz CT molecular complexity index is 879. The molecule has 0 aliphatic rings. The van der Waals surface area contributed by atoms with Gasteiger partial charge >= 0.3 is 0 Å². The van der Waals surface area contributed by atoms with Gasteiger partial charge in [0.2, 0.25) is 5.91 Å². The van der Waals surface area contributed by atoms with Crippen LogP contribution in [-0.2, 0) is 17.8 Å². The summed E-state index contributed by atoms with van der Waals surface area (Å²) < 4.78 is 0. The van der Waals surface area contributed by atoms with Gasteiger partial charge in [-0.25, -0.2) is 0 Å². The van der Waals surface area contributed by atoms with Gasteiger partial charge in [-0.1, -0.05) is 48.0 Å². The number of aromatic nitrogens is 2. The molecule has 3 rings (SSSR count). The predicted octanol–water partition coefficient (Wildman–Crippen LogP) is 4.23. The van der Waals surface area contributed by atoms with Crippen molar-refractivity contribution in [1.29, 1.82) is 0 Å². The number of rotatable bonds is 6. The van der Waals surface area contributed by atoms with Crippen molar-refractivity contribution in [2.24, 2.45) is 0 Å². The molecule has 0 aliphatic carbocycles. The van der Waals surface area contributed by atoms with Gasteiger partial charge in [-0.05, 0) is 47.9 Å². The fourth-order valence-electron chi connectivity index (χ4n) is 2.46. The average Bonchev–Trinajstić information content (AvgIpc) is 2.64. The lowest BCUT2D eigenvalue weighted by Crippen LogP contribution is -2.16. The van der Waals surface area contributed by atoms with E-state index < -0.39 is 0 Å². The third kappa shape index (κ3) is 5.04. The van der Waals surface area contributed by atoms with Crippen LogP contribution in [-0.4, -0.2) is 16.1 Å². The molecule has 6 heteroatoms. The molecule has 1 heterocycles. The highest BCUT2D eigenvalue weighted by Gasteiger charge is 2.07. The quantitative estimate of drug-likeness (QED) is 0.685. The second-order valence-electron chi connectivity index (χ2n) is 5.94. The highest BCUT2D eigenvalue weighted by molar-refractivity contribution is 6.30. The maximum Gasteiger partial charge on any atom is 0.230 e. The van der Waals surface area contributed by atoms with Crippen LogP contribution in [0.25, 0.3) is 0 Å². The molecule has 3 aromatic rings. The molecule has 2 N–H and O–H groups in total. The first-order chi connectivity index (χ1) is 12.6. The van der Waals surface area contributed by atoms with Gasteiger partial charge < -0.3 is 10.6 Å². The van der Waals surface area contributed by atoms with Gasteiger partial charge in [0.15, 0.2) is 5.82 Å². The van der Waals surface area contributed by atoms with Crippen molar-refractivity contribution in [3.05, 3.63) is 82.4 Å². The van der Waals surface area contributed by atoms with E-state index in [-0.39, 0.29) is 5.91 Å². The van der Waals surface area contributed by atoms with Gasteiger partial charge in [-0.3, -0.25) is 4.79 Å². The SMILES string of the molecule is Cc1ccccc1CC(=O)Nc1ccc(NCc2ccc(Cl)cc2)nn1. The van der Waals surface area contributed by atoms with E-state index in [1.807, 2.05) is 55.5 Å². The summed E-state index contributed by atoms with van der Waals surface area (Å²) in [4.78, 5) is 12.2. The van der Waals surface area contributed by atoms with E-state index in [9.17, 15) is 4.79 Å². The number of halogens is 1. The Morgan fingerprint density at radius 3 is 2.35 bits per heavy atom. The van der Waals surface area contributed by atoms with Gasteiger partial charge in [0.1, 0.15) is 5.82 Å². The highest BCUT2D eigenvalue weighted by atomic mass is 35.5. The van der Waals surface area contributed by atoms with Crippen molar-refractivity contribution in [2.45, 2.75) is 19.9 Å². The molecule has 0 fully saturated rings. The first kappa shape index (κ1) is 17.9. The van der Waals surface area contributed by atoms with Gasteiger partial charge in [-0.2, -0.15) is 0 Å². The van der Waals surface area contributed by atoms with Crippen LogP contribution in [0.3, 0.4) is 0 Å². The molecule has 0 unspecified atom stereocenters. The van der Waals surface area contributed by atoms with Crippen molar-refractivity contribution in [3.8, 4) is 0 Å². The molecule has 0 spiro atoms. The molecule has 1 aromatic heterocycles. The van der Waals surface area contributed by atoms with Crippen LogP contribution in [0.15, 0.2) is 60.7 Å². The summed E-state index contributed by atoms with van der Waals surface area (Å²) in [7, 11) is 0. The van der Waals surface area contributed by atoms with E-state index >= 15 is 0 Å². The Morgan fingerprint density at radius 2 is 1.65 bits per heavy atom. The fraction of sp³-hybridized carbons (Fsp3) is 0.150. The van der Waals surface area contributed by atoms with Crippen LogP contribution in [0.1, 0.15) is 16.7 Å². The minimum Gasteiger partial charge on any atom is -0.365 e. The second-order valence-corrected chi connectivity index (χ2v) is 6.37. The Labute approximate surface area is 157 Å². The topological polar surface area (TPSA) is 66.9 Å². The monoisotopic (exact) mass is 366 g/mol. The maximum atomic E-state index is 12.2. The van der Waals surface area contributed by atoms with Crippen molar-refractivity contribution in [2.75, 3.05) is 10.6 Å². The van der Waals surface area contributed by atoms with Crippen LogP contribution >= 0.6 is 11.6 Å². The second kappa shape index (κ2) is 8.45. The summed E-state index contributed by atoms with van der Waals surface area (Å²) in [6.45, 7) is 2.61. The number of aryl methyl sites for hydroxylation is 1. The molecule has 0 saturated carbocycles. The molecule has 132 valence electrons. The maximum absolute atomic E-state index is 12.2. The zero-order valence-corrected chi connectivity index (χ0v) is 15.1. The highest BCUT2D eigenvalue weighted by Crippen LogP contribution is 2.13. The molecule has 0 atom stereocenters. The Morgan fingerprint density at radius 1 is 0.962 bits per heavy atom. The number of carbonyl (C=O) groups is 1. The summed E-state index contributed by atoms with van der Waals surface area (Å²) in [6, 6.07) is 18.9. The predicted molar refractivity (Wildman–Crippen MR) is 104 cm³/mol. The first-order valence-electron chi connectivity index (χ1n) is 8.26. The summed E-state index contributed by atoms with van der Waals surface area (Å²) in [5.74, 6) is 0.952. The van der Waals surface area contributed by atoms with Crippen molar-refractivity contribution in [1.82, 2.24) is 10.2 Å². The van der Waals surface area contributed by atoms with Gasteiger partial charge in [0.05, 0.1) is 6.42 Å². The van der Waals surface area contributed by atoms with Crippen LogP contribution < -0.4 is 10.6 Å². The minimum absolute atomic E-state index is 0.115. The molecule has 26 heavy (non-hydrogen) atoms. The number of carbonyl (C=O) groups excluding carboxylic acids is 1. The minimum atomic E-state index is -0.115. The lowest BCUT2D eigenvalue weighted by Gasteiger charge is -2.08. The van der Waals surface area contributed by atoms with Crippen molar-refractivity contribution < 1.29 is 4.79 Å². The number of hydrogen-bond acceptors (Lipinski definition) is 4. The van der Waals surface area contributed by atoms with Crippen LogP contribution in [0.2, 0.25) is 5.02 Å². The van der Waals surface area contributed by atoms with E-state index in [1.54, 1.807) is 12.1 Å². The van der Waals surface area contributed by atoms with Gasteiger partial charge in [-0.15, -0.1) is 10.2 Å². The molecule has 1 amide bonds. The number of nitrogens with zero attached hydrogens (tertiary/aromatic N) is 2. The fourth-order valence-corrected chi connectivity index (χ4v) is 2.58. The number of anilines is 2. The van der Waals surface area contributed by atoms with E-state index in [2.05, 4.69) is 20.8 Å². The third-order valence-electron chi connectivity index (χ3n) is 3.93.